The molecule has 3 unspecified atom stereocenters. The van der Waals surface area contributed by atoms with E-state index in [1.165, 1.54) is 22.4 Å². The molecule has 1 aromatic carbocycles. The van der Waals surface area contributed by atoms with Crippen molar-refractivity contribution in [2.75, 3.05) is 6.54 Å². The minimum Gasteiger partial charge on any atom is -0.370 e. The number of nitrogens with zero attached hydrogens (tertiary/aromatic N) is 1. The molecular formula is C17H19N3S. The molecule has 1 aromatic heterocycles. The van der Waals surface area contributed by atoms with Crippen molar-refractivity contribution in [1.29, 1.82) is 0 Å². The molecule has 21 heavy (non-hydrogen) atoms. The van der Waals surface area contributed by atoms with E-state index in [9.17, 15) is 0 Å². The van der Waals surface area contributed by atoms with Crippen molar-refractivity contribution < 1.29 is 0 Å². The van der Waals surface area contributed by atoms with Gasteiger partial charge >= 0.3 is 0 Å². The van der Waals surface area contributed by atoms with Crippen LogP contribution in [0.5, 0.6) is 0 Å². The van der Waals surface area contributed by atoms with Gasteiger partial charge < -0.3 is 11.1 Å². The first-order valence-corrected chi connectivity index (χ1v) is 8.37. The zero-order valence-electron chi connectivity index (χ0n) is 11.8. The third-order valence-corrected chi connectivity index (χ3v) is 5.51. The van der Waals surface area contributed by atoms with E-state index in [1.807, 2.05) is 0 Å². The van der Waals surface area contributed by atoms with E-state index in [2.05, 4.69) is 52.1 Å². The van der Waals surface area contributed by atoms with Gasteiger partial charge in [-0.2, -0.15) is 0 Å². The molecule has 0 amide bonds. The Kier molecular flexibility index (Phi) is 3.19. The van der Waals surface area contributed by atoms with Crippen molar-refractivity contribution in [3.05, 3.63) is 57.8 Å². The zero-order valence-corrected chi connectivity index (χ0v) is 12.6. The van der Waals surface area contributed by atoms with E-state index < -0.39 is 0 Å². The fourth-order valence-electron chi connectivity index (χ4n) is 3.51. The number of nitrogens with two attached hydrogens (primary N) is 1. The van der Waals surface area contributed by atoms with Gasteiger partial charge in [0.05, 0.1) is 0 Å². The second-order valence-corrected chi connectivity index (χ2v) is 6.89. The smallest absolute Gasteiger partial charge is 0.188 e. The molecular weight excluding hydrogens is 278 g/mol. The molecule has 1 heterocycles. The number of rotatable bonds is 4. The molecule has 4 rings (SSSR count). The molecule has 0 aliphatic heterocycles. The molecule has 1 fully saturated rings. The SMILES string of the molecule is NC(=NCCc1cccs1)NC1C2Cc3ccccc3C21. The highest BCUT2D eigenvalue weighted by atomic mass is 32.1. The van der Waals surface area contributed by atoms with Crippen LogP contribution in [-0.2, 0) is 12.8 Å². The Bertz CT molecular complexity index is 662. The van der Waals surface area contributed by atoms with Crippen molar-refractivity contribution >= 4 is 17.3 Å². The average Bonchev–Trinajstić information content (AvgIpc) is 2.88. The third kappa shape index (κ3) is 2.44. The van der Waals surface area contributed by atoms with Crippen LogP contribution in [0, 0.1) is 5.92 Å². The lowest BCUT2D eigenvalue weighted by Gasteiger charge is -2.09. The first-order valence-electron chi connectivity index (χ1n) is 7.49. The van der Waals surface area contributed by atoms with Crippen LogP contribution in [0.15, 0.2) is 46.8 Å². The largest absolute Gasteiger partial charge is 0.370 e. The van der Waals surface area contributed by atoms with E-state index in [1.54, 1.807) is 11.3 Å². The monoisotopic (exact) mass is 297 g/mol. The summed E-state index contributed by atoms with van der Waals surface area (Å²) >= 11 is 1.78. The number of nitrogens with one attached hydrogen (secondary N) is 1. The van der Waals surface area contributed by atoms with Gasteiger partial charge in [0.15, 0.2) is 5.96 Å². The molecule has 0 radical (unpaired) electrons. The van der Waals surface area contributed by atoms with Gasteiger partial charge in [-0.15, -0.1) is 11.3 Å². The number of aliphatic imine (C=N–C) groups is 1. The molecule has 108 valence electrons. The second kappa shape index (κ2) is 5.19. The van der Waals surface area contributed by atoms with E-state index >= 15 is 0 Å². The zero-order chi connectivity index (χ0) is 14.2. The minimum absolute atomic E-state index is 0.491. The summed E-state index contributed by atoms with van der Waals surface area (Å²) in [4.78, 5) is 5.82. The normalized spacial score (nSPS) is 26.3. The predicted molar refractivity (Wildman–Crippen MR) is 87.8 cm³/mol. The van der Waals surface area contributed by atoms with Crippen molar-refractivity contribution in [3.8, 4) is 0 Å². The van der Waals surface area contributed by atoms with Crippen LogP contribution in [0.25, 0.3) is 0 Å². The summed E-state index contributed by atoms with van der Waals surface area (Å²) in [5.74, 6) is 1.96. The van der Waals surface area contributed by atoms with E-state index in [4.69, 9.17) is 5.73 Å². The van der Waals surface area contributed by atoms with E-state index in [-0.39, 0.29) is 0 Å². The third-order valence-electron chi connectivity index (χ3n) is 4.57. The highest BCUT2D eigenvalue weighted by Crippen LogP contribution is 2.56. The van der Waals surface area contributed by atoms with Crippen LogP contribution in [0.2, 0.25) is 0 Å². The van der Waals surface area contributed by atoms with Crippen LogP contribution in [-0.4, -0.2) is 18.5 Å². The first kappa shape index (κ1) is 12.9. The van der Waals surface area contributed by atoms with Crippen LogP contribution in [0.1, 0.15) is 21.9 Å². The Morgan fingerprint density at radius 2 is 2.19 bits per heavy atom. The quantitative estimate of drug-likeness (QED) is 0.673. The molecule has 0 bridgehead atoms. The fraction of sp³-hybridized carbons (Fsp3) is 0.353. The maximum absolute atomic E-state index is 6.02. The van der Waals surface area contributed by atoms with E-state index in [0.717, 1.165) is 13.0 Å². The Balaban J connectivity index is 1.32. The number of fused-ring (bicyclic) bond motifs is 3. The molecule has 3 nitrogen and oxygen atoms in total. The highest BCUT2D eigenvalue weighted by molar-refractivity contribution is 7.09. The summed E-state index contributed by atoms with van der Waals surface area (Å²) in [6, 6.07) is 13.5. The van der Waals surface area contributed by atoms with Crippen LogP contribution < -0.4 is 11.1 Å². The lowest BCUT2D eigenvalue weighted by Crippen LogP contribution is -2.35. The van der Waals surface area contributed by atoms with Gasteiger partial charge in [0, 0.05) is 29.8 Å². The van der Waals surface area contributed by atoms with Crippen LogP contribution in [0.4, 0.5) is 0 Å². The molecule has 2 aliphatic rings. The second-order valence-electron chi connectivity index (χ2n) is 5.86. The van der Waals surface area contributed by atoms with Gasteiger partial charge in [-0.3, -0.25) is 4.99 Å². The molecule has 3 N–H and O–H groups in total. The maximum Gasteiger partial charge on any atom is 0.188 e. The summed E-state index contributed by atoms with van der Waals surface area (Å²) in [6.45, 7) is 0.762. The van der Waals surface area contributed by atoms with Gasteiger partial charge in [-0.25, -0.2) is 0 Å². The summed E-state index contributed by atoms with van der Waals surface area (Å²) in [7, 11) is 0. The minimum atomic E-state index is 0.491. The van der Waals surface area contributed by atoms with Gasteiger partial charge in [0.25, 0.3) is 0 Å². The van der Waals surface area contributed by atoms with Crippen molar-refractivity contribution in [1.82, 2.24) is 5.32 Å². The summed E-state index contributed by atoms with van der Waals surface area (Å²) in [6.07, 6.45) is 2.15. The number of guanidine groups is 1. The number of hydrogen-bond acceptors (Lipinski definition) is 2. The Hall–Kier alpha value is -1.81. The maximum atomic E-state index is 6.02. The fourth-order valence-corrected chi connectivity index (χ4v) is 4.20. The highest BCUT2D eigenvalue weighted by Gasteiger charge is 2.55. The number of hydrogen-bond donors (Lipinski definition) is 2. The Labute approximate surface area is 128 Å². The molecule has 2 aliphatic carbocycles. The van der Waals surface area contributed by atoms with Crippen molar-refractivity contribution in [2.24, 2.45) is 16.6 Å². The first-order chi connectivity index (χ1) is 10.3. The van der Waals surface area contributed by atoms with E-state index in [0.29, 0.717) is 23.8 Å². The summed E-state index contributed by atoms with van der Waals surface area (Å²) in [5.41, 5.74) is 9.04. The summed E-state index contributed by atoms with van der Waals surface area (Å²) in [5, 5.41) is 5.51. The van der Waals surface area contributed by atoms with Gasteiger partial charge in [0.1, 0.15) is 0 Å². The molecule has 0 spiro atoms. The molecule has 4 heteroatoms. The molecule has 1 saturated carbocycles. The van der Waals surface area contributed by atoms with Gasteiger partial charge in [-0.05, 0) is 34.9 Å². The molecule has 0 saturated heterocycles. The lowest BCUT2D eigenvalue weighted by atomic mass is 10.1. The van der Waals surface area contributed by atoms with Crippen molar-refractivity contribution in [3.63, 3.8) is 0 Å². The number of thiophene rings is 1. The number of benzene rings is 1. The summed E-state index contributed by atoms with van der Waals surface area (Å²) < 4.78 is 0. The standard InChI is InChI=1S/C17H19N3S/c18-17(19-8-7-12-5-3-9-21-12)20-16-14-10-11-4-1-2-6-13(11)15(14)16/h1-6,9,14-16H,7-8,10H2,(H3,18,19,20). The Morgan fingerprint density at radius 3 is 3.05 bits per heavy atom. The van der Waals surface area contributed by atoms with Crippen LogP contribution in [0.3, 0.4) is 0 Å². The topological polar surface area (TPSA) is 50.4 Å². The van der Waals surface area contributed by atoms with Gasteiger partial charge in [0.2, 0.25) is 0 Å². The van der Waals surface area contributed by atoms with Crippen LogP contribution >= 0.6 is 11.3 Å². The molecule has 2 aromatic rings. The predicted octanol–water partition coefficient (Wildman–Crippen LogP) is 2.53. The Morgan fingerprint density at radius 1 is 1.29 bits per heavy atom. The molecule has 3 atom stereocenters. The van der Waals surface area contributed by atoms with Crippen molar-refractivity contribution in [2.45, 2.75) is 24.8 Å². The van der Waals surface area contributed by atoms with Gasteiger partial charge in [-0.1, -0.05) is 30.3 Å². The lowest BCUT2D eigenvalue weighted by molar-refractivity contribution is 0.740. The average molecular weight is 297 g/mol.